The van der Waals surface area contributed by atoms with Crippen molar-refractivity contribution in [3.63, 3.8) is 0 Å². The lowest BCUT2D eigenvalue weighted by molar-refractivity contribution is 0.283. The Bertz CT molecular complexity index is 464. The molecule has 74 valence electrons. The zero-order valence-electron chi connectivity index (χ0n) is 7.58. The fourth-order valence-corrected chi connectivity index (χ4v) is 4.18. The third kappa shape index (κ3) is 1.68. The number of aliphatic hydroxyl groups is 1. The van der Waals surface area contributed by atoms with Crippen LogP contribution in [0.4, 0.5) is 0 Å². The highest BCUT2D eigenvalue weighted by atomic mass is 127. The number of aliphatic hydroxyl groups excluding tert-OH is 1. The van der Waals surface area contributed by atoms with Crippen molar-refractivity contribution >= 4 is 55.8 Å². The topological polar surface area (TPSA) is 20.2 Å². The molecule has 0 fully saturated rings. The Morgan fingerprint density at radius 1 is 1.50 bits per heavy atom. The fraction of sp³-hybridized carbons (Fsp3) is 0.200. The second-order valence-electron chi connectivity index (χ2n) is 2.87. The van der Waals surface area contributed by atoms with Gasteiger partial charge in [-0.2, -0.15) is 0 Å². The average Bonchev–Trinajstić information content (AvgIpc) is 2.63. The first-order valence-corrected chi connectivity index (χ1v) is 7.29. The Balaban J connectivity index is 2.82. The van der Waals surface area contributed by atoms with Gasteiger partial charge in [0.1, 0.15) is 0 Å². The van der Waals surface area contributed by atoms with Gasteiger partial charge in [-0.05, 0) is 40.5 Å². The summed E-state index contributed by atoms with van der Waals surface area (Å²) in [6, 6.07) is 4.08. The Kier molecular flexibility index (Phi) is 3.36. The van der Waals surface area contributed by atoms with E-state index in [1.54, 1.807) is 23.1 Å². The van der Waals surface area contributed by atoms with Crippen molar-refractivity contribution < 1.29 is 5.11 Å². The van der Waals surface area contributed by atoms with Gasteiger partial charge in [0.15, 0.2) is 0 Å². The summed E-state index contributed by atoms with van der Waals surface area (Å²) in [6.07, 6.45) is 2.07. The molecule has 0 saturated carbocycles. The highest BCUT2D eigenvalue weighted by Gasteiger charge is 2.10. The molecular formula is C10H9IOS2. The minimum Gasteiger partial charge on any atom is -0.392 e. The summed E-state index contributed by atoms with van der Waals surface area (Å²) < 4.78 is 2.56. The summed E-state index contributed by atoms with van der Waals surface area (Å²) in [5.74, 6) is 0. The van der Waals surface area contributed by atoms with Crippen LogP contribution in [0.25, 0.3) is 10.1 Å². The zero-order chi connectivity index (χ0) is 10.1. The SMILES string of the molecule is CSc1csc2c(I)ccc(CO)c12. The van der Waals surface area contributed by atoms with Gasteiger partial charge in [0.25, 0.3) is 0 Å². The number of thiophene rings is 1. The third-order valence-corrected chi connectivity index (χ3v) is 5.31. The highest BCUT2D eigenvalue weighted by molar-refractivity contribution is 14.1. The lowest BCUT2D eigenvalue weighted by Gasteiger charge is -2.02. The smallest absolute Gasteiger partial charge is 0.0688 e. The van der Waals surface area contributed by atoms with Crippen molar-refractivity contribution in [2.45, 2.75) is 11.5 Å². The van der Waals surface area contributed by atoms with Gasteiger partial charge in [-0.1, -0.05) is 6.07 Å². The van der Waals surface area contributed by atoms with Crippen LogP contribution in [0.15, 0.2) is 22.4 Å². The number of hydrogen-bond acceptors (Lipinski definition) is 3. The number of fused-ring (bicyclic) bond motifs is 1. The van der Waals surface area contributed by atoms with Crippen LogP contribution < -0.4 is 0 Å². The zero-order valence-corrected chi connectivity index (χ0v) is 11.4. The summed E-state index contributed by atoms with van der Waals surface area (Å²) in [7, 11) is 0. The molecule has 0 atom stereocenters. The predicted octanol–water partition coefficient (Wildman–Crippen LogP) is 3.72. The second-order valence-corrected chi connectivity index (χ2v) is 5.76. The molecule has 0 spiro atoms. The van der Waals surface area contributed by atoms with Crippen LogP contribution >= 0.6 is 45.7 Å². The third-order valence-electron chi connectivity index (χ3n) is 2.12. The monoisotopic (exact) mass is 336 g/mol. The van der Waals surface area contributed by atoms with Gasteiger partial charge >= 0.3 is 0 Å². The number of halogens is 1. The van der Waals surface area contributed by atoms with Gasteiger partial charge in [0.2, 0.25) is 0 Å². The summed E-state index contributed by atoms with van der Waals surface area (Å²) in [5.41, 5.74) is 1.03. The number of hydrogen-bond donors (Lipinski definition) is 1. The molecule has 0 aliphatic heterocycles. The largest absolute Gasteiger partial charge is 0.392 e. The molecule has 0 aliphatic carbocycles. The van der Waals surface area contributed by atoms with Crippen molar-refractivity contribution in [2.24, 2.45) is 0 Å². The fourth-order valence-electron chi connectivity index (χ4n) is 1.44. The van der Waals surface area contributed by atoms with E-state index in [-0.39, 0.29) is 6.61 Å². The predicted molar refractivity (Wildman–Crippen MR) is 72.2 cm³/mol. The Labute approximate surface area is 105 Å². The maximum atomic E-state index is 9.26. The molecule has 1 nitrogen and oxygen atoms in total. The first kappa shape index (κ1) is 10.7. The summed E-state index contributed by atoms with van der Waals surface area (Å²) in [6.45, 7) is 0.123. The maximum Gasteiger partial charge on any atom is 0.0688 e. The maximum absolute atomic E-state index is 9.26. The normalized spacial score (nSPS) is 11.1. The molecule has 0 bridgehead atoms. The molecule has 0 saturated heterocycles. The first-order valence-electron chi connectivity index (χ1n) is 4.11. The molecule has 4 heteroatoms. The number of benzene rings is 1. The van der Waals surface area contributed by atoms with E-state index in [9.17, 15) is 5.11 Å². The number of rotatable bonds is 2. The van der Waals surface area contributed by atoms with Gasteiger partial charge in [-0.15, -0.1) is 23.1 Å². The van der Waals surface area contributed by atoms with Gasteiger partial charge in [0.05, 0.1) is 6.61 Å². The molecule has 1 aromatic heterocycles. The van der Waals surface area contributed by atoms with Crippen molar-refractivity contribution in [2.75, 3.05) is 6.26 Å². The Hall–Kier alpha value is 0.220. The standard InChI is InChI=1S/C10H9IOS2/c1-13-8-5-14-10-7(11)3-2-6(4-12)9(8)10/h2-3,5,12H,4H2,1H3. The summed E-state index contributed by atoms with van der Waals surface area (Å²) in [5, 5.41) is 12.7. The molecule has 1 N–H and O–H groups in total. The molecule has 1 heterocycles. The van der Waals surface area contributed by atoms with E-state index < -0.39 is 0 Å². The molecule has 1 aromatic carbocycles. The quantitative estimate of drug-likeness (QED) is 0.666. The molecular weight excluding hydrogens is 327 g/mol. The minimum absolute atomic E-state index is 0.123. The molecule has 0 unspecified atom stereocenters. The van der Waals surface area contributed by atoms with Gasteiger partial charge < -0.3 is 5.11 Å². The van der Waals surface area contributed by atoms with Crippen LogP contribution in [-0.4, -0.2) is 11.4 Å². The van der Waals surface area contributed by atoms with Crippen LogP contribution in [0.2, 0.25) is 0 Å². The van der Waals surface area contributed by atoms with Crippen LogP contribution in [0.5, 0.6) is 0 Å². The highest BCUT2D eigenvalue weighted by Crippen LogP contribution is 2.37. The van der Waals surface area contributed by atoms with E-state index >= 15 is 0 Å². The Morgan fingerprint density at radius 2 is 2.29 bits per heavy atom. The molecule has 2 rings (SSSR count). The van der Waals surface area contributed by atoms with E-state index in [2.05, 4.69) is 40.3 Å². The molecule has 0 aliphatic rings. The van der Waals surface area contributed by atoms with E-state index in [1.165, 1.54) is 18.6 Å². The number of thioether (sulfide) groups is 1. The van der Waals surface area contributed by atoms with E-state index in [1.807, 2.05) is 6.07 Å². The van der Waals surface area contributed by atoms with E-state index in [4.69, 9.17) is 0 Å². The molecule has 2 aromatic rings. The van der Waals surface area contributed by atoms with Crippen LogP contribution in [0.1, 0.15) is 5.56 Å². The van der Waals surface area contributed by atoms with Crippen molar-refractivity contribution in [3.8, 4) is 0 Å². The molecule has 0 amide bonds. The van der Waals surface area contributed by atoms with Crippen molar-refractivity contribution in [3.05, 3.63) is 26.6 Å². The summed E-state index contributed by atoms with van der Waals surface area (Å²) >= 11 is 5.83. The second kappa shape index (κ2) is 4.38. The van der Waals surface area contributed by atoms with Crippen LogP contribution in [0, 0.1) is 3.57 Å². The average molecular weight is 336 g/mol. The van der Waals surface area contributed by atoms with E-state index in [0.29, 0.717) is 0 Å². The van der Waals surface area contributed by atoms with E-state index in [0.717, 1.165) is 5.56 Å². The molecule has 0 radical (unpaired) electrons. The van der Waals surface area contributed by atoms with Gasteiger partial charge in [0, 0.05) is 23.9 Å². The van der Waals surface area contributed by atoms with Crippen LogP contribution in [0.3, 0.4) is 0 Å². The Morgan fingerprint density at radius 3 is 2.93 bits per heavy atom. The summed E-state index contributed by atoms with van der Waals surface area (Å²) in [4.78, 5) is 1.27. The van der Waals surface area contributed by atoms with Crippen LogP contribution in [-0.2, 0) is 6.61 Å². The lowest BCUT2D eigenvalue weighted by Crippen LogP contribution is -1.85. The molecule has 14 heavy (non-hydrogen) atoms. The lowest BCUT2D eigenvalue weighted by atomic mass is 10.1. The van der Waals surface area contributed by atoms with Gasteiger partial charge in [-0.25, -0.2) is 0 Å². The van der Waals surface area contributed by atoms with Crippen molar-refractivity contribution in [1.29, 1.82) is 0 Å². The first-order chi connectivity index (χ1) is 6.77. The van der Waals surface area contributed by atoms with Crippen molar-refractivity contribution in [1.82, 2.24) is 0 Å². The van der Waals surface area contributed by atoms with Gasteiger partial charge in [-0.3, -0.25) is 0 Å². The minimum atomic E-state index is 0.123.